The lowest BCUT2D eigenvalue weighted by Gasteiger charge is -2.40. The second-order valence-electron chi connectivity index (χ2n) is 5.54. The zero-order valence-electron chi connectivity index (χ0n) is 10.5. The molecule has 0 aromatic carbocycles. The first kappa shape index (κ1) is 12.5. The number of nitrogens with one attached hydrogen (secondary N) is 1. The largest absolute Gasteiger partial charge is 0.356 e. The van der Waals surface area contributed by atoms with Crippen LogP contribution >= 0.6 is 0 Å². The van der Waals surface area contributed by atoms with Gasteiger partial charge in [-0.05, 0) is 52.6 Å². The third-order valence-corrected chi connectivity index (χ3v) is 3.20. The van der Waals surface area contributed by atoms with Crippen LogP contribution in [0.3, 0.4) is 0 Å². The highest BCUT2D eigenvalue weighted by atomic mass is 16.1. The zero-order chi connectivity index (χ0) is 11.5. The molecule has 3 nitrogen and oxygen atoms in total. The number of carbonyl (C=O) groups excluding carboxylic acids is 1. The summed E-state index contributed by atoms with van der Waals surface area (Å²) in [5.74, 6) is 0.765. The third kappa shape index (κ3) is 4.20. The molecule has 0 aliphatic carbocycles. The molecule has 1 aliphatic rings. The fourth-order valence-electron chi connectivity index (χ4n) is 2.10. The number of carbonyl (C=O) groups is 1. The Morgan fingerprint density at radius 1 is 1.33 bits per heavy atom. The maximum Gasteiger partial charge on any atom is 0.216 e. The first-order valence-corrected chi connectivity index (χ1v) is 5.89. The van der Waals surface area contributed by atoms with E-state index in [1.165, 1.54) is 12.8 Å². The van der Waals surface area contributed by atoms with Crippen LogP contribution in [-0.2, 0) is 4.79 Å². The zero-order valence-corrected chi connectivity index (χ0v) is 10.5. The van der Waals surface area contributed by atoms with E-state index in [9.17, 15) is 4.79 Å². The smallest absolute Gasteiger partial charge is 0.216 e. The molecule has 0 spiro atoms. The molecule has 0 atom stereocenters. The summed E-state index contributed by atoms with van der Waals surface area (Å²) in [7, 11) is 0. The maximum absolute atomic E-state index is 10.8. The lowest BCUT2D eigenvalue weighted by atomic mass is 9.93. The van der Waals surface area contributed by atoms with Crippen molar-refractivity contribution >= 4 is 5.91 Å². The molecule has 3 heteroatoms. The van der Waals surface area contributed by atoms with Crippen molar-refractivity contribution in [2.45, 2.75) is 46.1 Å². The van der Waals surface area contributed by atoms with Gasteiger partial charge in [-0.2, -0.15) is 0 Å². The van der Waals surface area contributed by atoms with Gasteiger partial charge < -0.3 is 5.32 Å². The fourth-order valence-corrected chi connectivity index (χ4v) is 2.10. The molecule has 1 aliphatic heterocycles. The number of likely N-dealkylation sites (tertiary alicyclic amines) is 1. The number of rotatable bonds is 2. The molecule has 0 saturated carbocycles. The Bertz CT molecular complexity index is 212. The molecule has 0 unspecified atom stereocenters. The van der Waals surface area contributed by atoms with Crippen molar-refractivity contribution < 1.29 is 4.79 Å². The van der Waals surface area contributed by atoms with Crippen LogP contribution < -0.4 is 5.32 Å². The Morgan fingerprint density at radius 3 is 2.27 bits per heavy atom. The Kier molecular flexibility index (Phi) is 4.14. The number of piperidine rings is 1. The summed E-state index contributed by atoms with van der Waals surface area (Å²) in [5.41, 5.74) is 0.291. The predicted molar refractivity (Wildman–Crippen MR) is 62.7 cm³/mol. The van der Waals surface area contributed by atoms with E-state index < -0.39 is 0 Å². The van der Waals surface area contributed by atoms with Gasteiger partial charge >= 0.3 is 0 Å². The molecule has 1 amide bonds. The molecular formula is C12H24N2O. The highest BCUT2D eigenvalue weighted by molar-refractivity contribution is 5.72. The second-order valence-corrected chi connectivity index (χ2v) is 5.54. The lowest BCUT2D eigenvalue weighted by Crippen LogP contribution is -2.47. The monoisotopic (exact) mass is 212 g/mol. The van der Waals surface area contributed by atoms with Gasteiger partial charge in [0.2, 0.25) is 5.91 Å². The Morgan fingerprint density at radius 2 is 1.87 bits per heavy atom. The van der Waals surface area contributed by atoms with Crippen LogP contribution in [0.25, 0.3) is 0 Å². The molecule has 0 bridgehead atoms. The molecule has 1 heterocycles. The van der Waals surface area contributed by atoms with Gasteiger partial charge in [-0.25, -0.2) is 0 Å². The number of nitrogens with zero attached hydrogens (tertiary/aromatic N) is 1. The minimum Gasteiger partial charge on any atom is -0.356 e. The summed E-state index contributed by atoms with van der Waals surface area (Å²) in [6.45, 7) is 11.6. The summed E-state index contributed by atoms with van der Waals surface area (Å²) < 4.78 is 0. The van der Waals surface area contributed by atoms with Crippen molar-refractivity contribution in [3.05, 3.63) is 0 Å². The number of amides is 1. The minimum atomic E-state index is 0.0910. The van der Waals surface area contributed by atoms with Gasteiger partial charge in [-0.15, -0.1) is 0 Å². The van der Waals surface area contributed by atoms with E-state index >= 15 is 0 Å². The van der Waals surface area contributed by atoms with Gasteiger partial charge in [0.1, 0.15) is 0 Å². The van der Waals surface area contributed by atoms with Gasteiger partial charge in [0.15, 0.2) is 0 Å². The van der Waals surface area contributed by atoms with E-state index in [1.807, 2.05) is 0 Å². The topological polar surface area (TPSA) is 32.3 Å². The number of hydrogen-bond donors (Lipinski definition) is 1. The average molecular weight is 212 g/mol. The van der Waals surface area contributed by atoms with Crippen molar-refractivity contribution in [2.75, 3.05) is 19.6 Å². The Hall–Kier alpha value is -0.570. The van der Waals surface area contributed by atoms with E-state index in [2.05, 4.69) is 31.0 Å². The van der Waals surface area contributed by atoms with Crippen LogP contribution in [0.1, 0.15) is 40.5 Å². The van der Waals surface area contributed by atoms with Gasteiger partial charge in [0.25, 0.3) is 0 Å². The summed E-state index contributed by atoms with van der Waals surface area (Å²) in [4.78, 5) is 13.3. The van der Waals surface area contributed by atoms with Crippen LogP contribution in [0.5, 0.6) is 0 Å². The van der Waals surface area contributed by atoms with Crippen molar-refractivity contribution in [3.63, 3.8) is 0 Å². The molecular weight excluding hydrogens is 188 g/mol. The molecule has 88 valence electrons. The Labute approximate surface area is 93.2 Å². The summed E-state index contributed by atoms with van der Waals surface area (Å²) >= 11 is 0. The van der Waals surface area contributed by atoms with Crippen molar-refractivity contribution in [2.24, 2.45) is 5.92 Å². The van der Waals surface area contributed by atoms with E-state index in [0.717, 1.165) is 19.6 Å². The Balaban J connectivity index is 2.27. The molecule has 15 heavy (non-hydrogen) atoms. The molecule has 1 fully saturated rings. The summed E-state index contributed by atoms with van der Waals surface area (Å²) in [6, 6.07) is 0. The van der Waals surface area contributed by atoms with Crippen LogP contribution in [0.2, 0.25) is 0 Å². The fraction of sp³-hybridized carbons (Fsp3) is 0.917. The quantitative estimate of drug-likeness (QED) is 0.754. The first-order valence-electron chi connectivity index (χ1n) is 5.89. The third-order valence-electron chi connectivity index (χ3n) is 3.20. The molecule has 1 saturated heterocycles. The van der Waals surface area contributed by atoms with Gasteiger partial charge in [-0.1, -0.05) is 0 Å². The standard InChI is InChI=1S/C12H24N2O/c1-10(15)13-9-11-5-7-14(8-6-11)12(2,3)4/h11H,5-9H2,1-4H3,(H,13,15). The predicted octanol–water partition coefficient (Wildman–Crippen LogP) is 1.63. The van der Waals surface area contributed by atoms with E-state index in [0.29, 0.717) is 11.5 Å². The normalized spacial score (nSPS) is 20.3. The molecule has 0 aromatic heterocycles. The van der Waals surface area contributed by atoms with Crippen molar-refractivity contribution in [3.8, 4) is 0 Å². The van der Waals surface area contributed by atoms with Crippen molar-refractivity contribution in [1.82, 2.24) is 10.2 Å². The van der Waals surface area contributed by atoms with E-state index in [1.54, 1.807) is 6.92 Å². The highest BCUT2D eigenvalue weighted by Gasteiger charge is 2.26. The lowest BCUT2D eigenvalue weighted by molar-refractivity contribution is -0.119. The van der Waals surface area contributed by atoms with Crippen LogP contribution in [0, 0.1) is 5.92 Å². The minimum absolute atomic E-state index is 0.0910. The maximum atomic E-state index is 10.8. The van der Waals surface area contributed by atoms with Gasteiger partial charge in [-0.3, -0.25) is 9.69 Å². The average Bonchev–Trinajstić information content (AvgIpc) is 2.14. The molecule has 1 rings (SSSR count). The van der Waals surface area contributed by atoms with Crippen LogP contribution in [0.15, 0.2) is 0 Å². The van der Waals surface area contributed by atoms with Crippen molar-refractivity contribution in [1.29, 1.82) is 0 Å². The van der Waals surface area contributed by atoms with Crippen LogP contribution in [-0.4, -0.2) is 36.0 Å². The molecule has 0 aromatic rings. The summed E-state index contributed by atoms with van der Waals surface area (Å²) in [6.07, 6.45) is 2.41. The first-order chi connectivity index (χ1) is 6.89. The molecule has 0 radical (unpaired) electrons. The van der Waals surface area contributed by atoms with Gasteiger partial charge in [0, 0.05) is 19.0 Å². The SMILES string of the molecule is CC(=O)NCC1CCN(C(C)(C)C)CC1. The van der Waals surface area contributed by atoms with E-state index in [4.69, 9.17) is 0 Å². The summed E-state index contributed by atoms with van der Waals surface area (Å²) in [5, 5.41) is 2.91. The molecule has 1 N–H and O–H groups in total. The second kappa shape index (κ2) is 4.97. The van der Waals surface area contributed by atoms with Gasteiger partial charge in [0.05, 0.1) is 0 Å². The van der Waals surface area contributed by atoms with Crippen LogP contribution in [0.4, 0.5) is 0 Å². The number of hydrogen-bond acceptors (Lipinski definition) is 2. The highest BCUT2D eigenvalue weighted by Crippen LogP contribution is 2.23. The van der Waals surface area contributed by atoms with E-state index in [-0.39, 0.29) is 5.91 Å².